The van der Waals surface area contributed by atoms with Crippen LogP contribution in [0, 0.1) is 3.57 Å². The lowest BCUT2D eigenvalue weighted by atomic mass is 9.77. The summed E-state index contributed by atoms with van der Waals surface area (Å²) in [5.41, 5.74) is 9.99. The van der Waals surface area contributed by atoms with Gasteiger partial charge in [-0.2, -0.15) is 0 Å². The zero-order valence-electron chi connectivity index (χ0n) is 22.3. The van der Waals surface area contributed by atoms with E-state index in [1.165, 1.54) is 53.9 Å². The summed E-state index contributed by atoms with van der Waals surface area (Å²) in [6.45, 7) is 4.67. The first kappa shape index (κ1) is 24.5. The van der Waals surface area contributed by atoms with Gasteiger partial charge in [0.1, 0.15) is 0 Å². The lowest BCUT2D eigenvalue weighted by Gasteiger charge is -2.46. The van der Waals surface area contributed by atoms with Crippen molar-refractivity contribution in [2.24, 2.45) is 0 Å². The quantitative estimate of drug-likeness (QED) is 0.208. The number of fused-ring (bicyclic) bond motifs is 7. The predicted molar refractivity (Wildman–Crippen MR) is 175 cm³/mol. The first-order valence-electron chi connectivity index (χ1n) is 13.8. The second-order valence-electron chi connectivity index (χ2n) is 10.8. The first-order chi connectivity index (χ1) is 19.1. The number of nitrogens with zero attached hydrogens (tertiary/aromatic N) is 2. The molecule has 1 aliphatic heterocycles. The molecule has 39 heavy (non-hydrogen) atoms. The average molecular weight is 619 g/mol. The number of anilines is 1. The van der Waals surface area contributed by atoms with Crippen LogP contribution < -0.4 is 4.90 Å². The van der Waals surface area contributed by atoms with Crippen LogP contribution in [0.15, 0.2) is 121 Å². The first-order valence-corrected chi connectivity index (χ1v) is 14.8. The minimum absolute atomic E-state index is 0.145. The van der Waals surface area contributed by atoms with Crippen molar-refractivity contribution in [2.75, 3.05) is 4.90 Å². The molecule has 2 unspecified atom stereocenters. The Kier molecular flexibility index (Phi) is 6.00. The topological polar surface area (TPSA) is 8.17 Å². The summed E-state index contributed by atoms with van der Waals surface area (Å²) in [6, 6.07) is 26.6. The van der Waals surface area contributed by atoms with Crippen LogP contribution >= 0.6 is 22.6 Å². The highest BCUT2D eigenvalue weighted by molar-refractivity contribution is 14.1. The van der Waals surface area contributed by atoms with Crippen LogP contribution in [-0.2, 0) is 0 Å². The minimum atomic E-state index is -0.304. The fourth-order valence-corrected chi connectivity index (χ4v) is 7.32. The van der Waals surface area contributed by atoms with Gasteiger partial charge < -0.3 is 9.47 Å². The van der Waals surface area contributed by atoms with Crippen LogP contribution in [0.1, 0.15) is 43.9 Å². The van der Waals surface area contributed by atoms with Crippen LogP contribution in [-0.4, -0.2) is 10.1 Å². The Bertz CT molecular complexity index is 1760. The molecule has 0 bridgehead atoms. The molecule has 1 aromatic heterocycles. The van der Waals surface area contributed by atoms with E-state index in [-0.39, 0.29) is 11.5 Å². The maximum atomic E-state index is 2.58. The molecule has 0 saturated carbocycles. The number of hydrogen-bond donors (Lipinski definition) is 0. The number of allylic oxidation sites excluding steroid dienone is 7. The third-order valence-electron chi connectivity index (χ3n) is 8.44. The molecule has 2 nitrogen and oxygen atoms in total. The second kappa shape index (κ2) is 9.56. The number of aromatic nitrogens is 1. The van der Waals surface area contributed by atoms with Gasteiger partial charge in [-0.3, -0.25) is 0 Å². The molecule has 0 N–H and O–H groups in total. The number of rotatable bonds is 3. The molecule has 3 heteroatoms. The molecular weight excluding hydrogens is 587 g/mol. The zero-order valence-corrected chi connectivity index (χ0v) is 24.5. The van der Waals surface area contributed by atoms with Crippen LogP contribution in [0.25, 0.3) is 33.8 Å². The molecule has 0 amide bonds. The van der Waals surface area contributed by atoms with Crippen molar-refractivity contribution in [2.45, 2.75) is 38.1 Å². The summed E-state index contributed by atoms with van der Waals surface area (Å²) < 4.78 is 3.81. The molecule has 2 heterocycles. The smallest absolute Gasteiger partial charge is 0.0723 e. The van der Waals surface area contributed by atoms with E-state index in [0.29, 0.717) is 0 Å². The second-order valence-corrected chi connectivity index (χ2v) is 12.0. The Labute approximate surface area is 244 Å². The van der Waals surface area contributed by atoms with Crippen molar-refractivity contribution in [1.82, 2.24) is 4.57 Å². The maximum absolute atomic E-state index is 2.58. The van der Waals surface area contributed by atoms with Gasteiger partial charge in [-0.25, -0.2) is 0 Å². The molecule has 2 aliphatic carbocycles. The predicted octanol–water partition coefficient (Wildman–Crippen LogP) is 9.95. The average Bonchev–Trinajstić information content (AvgIpc) is 3.25. The van der Waals surface area contributed by atoms with E-state index in [0.717, 1.165) is 12.8 Å². The van der Waals surface area contributed by atoms with E-state index in [9.17, 15) is 0 Å². The van der Waals surface area contributed by atoms with Gasteiger partial charge >= 0.3 is 0 Å². The molecule has 4 aromatic rings. The molecule has 0 saturated heterocycles. The van der Waals surface area contributed by atoms with Gasteiger partial charge in [0.05, 0.1) is 11.1 Å². The van der Waals surface area contributed by atoms with Crippen LogP contribution in [0.5, 0.6) is 0 Å². The van der Waals surface area contributed by atoms with Crippen molar-refractivity contribution in [3.8, 4) is 11.1 Å². The van der Waals surface area contributed by atoms with E-state index in [1.54, 1.807) is 0 Å². The van der Waals surface area contributed by atoms with Crippen molar-refractivity contribution >= 4 is 51.0 Å². The number of halogens is 1. The number of hydrogen-bond acceptors (Lipinski definition) is 1. The molecule has 3 aromatic carbocycles. The van der Waals surface area contributed by atoms with E-state index < -0.39 is 0 Å². The summed E-state index contributed by atoms with van der Waals surface area (Å²) in [4.78, 5) is 2.58. The van der Waals surface area contributed by atoms with Gasteiger partial charge in [-0.05, 0) is 85.2 Å². The normalized spacial score (nSPS) is 21.8. The molecular formula is C36H31IN2. The van der Waals surface area contributed by atoms with Gasteiger partial charge in [0, 0.05) is 48.8 Å². The monoisotopic (exact) mass is 618 g/mol. The standard InChI is InChI=1S/C36H31IN2/c1-25(24-26-14-6-9-20-31(26)37)39-33-22-11-8-18-29(33)34-28-17-7-10-21-32(28)38(27-15-4-3-5-16-27)35(34)30-19-12-13-23-36(30,39)2/h4,6-24,30H,3,5H2,1-2H3/b25-24+. The highest BCUT2D eigenvalue weighted by atomic mass is 127. The number of benzene rings is 3. The Morgan fingerprint density at radius 1 is 0.949 bits per heavy atom. The fraction of sp³-hybridized carbons (Fsp3) is 0.167. The molecule has 7 rings (SSSR count). The van der Waals surface area contributed by atoms with Gasteiger partial charge in [-0.1, -0.05) is 91.1 Å². The lowest BCUT2D eigenvalue weighted by molar-refractivity contribution is 0.487. The third kappa shape index (κ3) is 3.81. The molecule has 3 aliphatic rings. The Morgan fingerprint density at radius 2 is 1.74 bits per heavy atom. The largest absolute Gasteiger partial charge is 0.335 e. The van der Waals surface area contributed by atoms with Crippen molar-refractivity contribution in [3.63, 3.8) is 0 Å². The summed E-state index contributed by atoms with van der Waals surface area (Å²) in [5, 5.41) is 1.31. The SMILES string of the molecule is C/C(=C\c1ccccc1I)N1c2ccccc2-c2c(n(C3=CCCC=C3)c3ccccc23)C2C=CC=CC21C. The van der Waals surface area contributed by atoms with E-state index >= 15 is 0 Å². The molecule has 0 fully saturated rings. The van der Waals surface area contributed by atoms with Gasteiger partial charge in [0.2, 0.25) is 0 Å². The lowest BCUT2D eigenvalue weighted by Crippen LogP contribution is -2.48. The maximum Gasteiger partial charge on any atom is 0.0723 e. The van der Waals surface area contributed by atoms with Crippen molar-refractivity contribution < 1.29 is 0 Å². The van der Waals surface area contributed by atoms with Gasteiger partial charge in [0.15, 0.2) is 0 Å². The Balaban J connectivity index is 1.58. The minimum Gasteiger partial charge on any atom is -0.335 e. The summed E-state index contributed by atoms with van der Waals surface area (Å²) in [7, 11) is 0. The van der Waals surface area contributed by atoms with Crippen molar-refractivity contribution in [3.05, 3.63) is 136 Å². The number of para-hydroxylation sites is 2. The zero-order chi connectivity index (χ0) is 26.6. The summed E-state index contributed by atoms with van der Waals surface area (Å²) in [6.07, 6.45) is 20.8. The summed E-state index contributed by atoms with van der Waals surface area (Å²) >= 11 is 2.45. The van der Waals surface area contributed by atoms with Gasteiger partial charge in [0.25, 0.3) is 0 Å². The molecule has 192 valence electrons. The van der Waals surface area contributed by atoms with E-state index in [2.05, 4.69) is 167 Å². The highest BCUT2D eigenvalue weighted by Gasteiger charge is 2.46. The molecule has 0 radical (unpaired) electrons. The van der Waals surface area contributed by atoms with Crippen LogP contribution in [0.4, 0.5) is 5.69 Å². The summed E-state index contributed by atoms with van der Waals surface area (Å²) in [5.74, 6) is 0.145. The van der Waals surface area contributed by atoms with E-state index in [1.807, 2.05) is 0 Å². The molecule has 2 atom stereocenters. The third-order valence-corrected chi connectivity index (χ3v) is 9.42. The van der Waals surface area contributed by atoms with Gasteiger partial charge in [-0.15, -0.1) is 0 Å². The van der Waals surface area contributed by atoms with Crippen LogP contribution in [0.3, 0.4) is 0 Å². The fourth-order valence-electron chi connectivity index (χ4n) is 6.78. The Hall–Kier alpha value is -3.57. The molecule has 0 spiro atoms. The highest BCUT2D eigenvalue weighted by Crippen LogP contribution is 2.55. The van der Waals surface area contributed by atoms with Crippen LogP contribution in [0.2, 0.25) is 0 Å². The van der Waals surface area contributed by atoms with Crippen molar-refractivity contribution in [1.29, 1.82) is 0 Å². The Morgan fingerprint density at radius 3 is 2.59 bits per heavy atom. The van der Waals surface area contributed by atoms with E-state index in [4.69, 9.17) is 0 Å².